The van der Waals surface area contributed by atoms with Crippen LogP contribution in [0.1, 0.15) is 31.8 Å². The van der Waals surface area contributed by atoms with Gasteiger partial charge in [-0.15, -0.1) is 0 Å². The smallest absolute Gasteiger partial charge is 0.268 e. The number of rotatable bonds is 7. The van der Waals surface area contributed by atoms with Gasteiger partial charge in [-0.1, -0.05) is 181 Å². The molecule has 9 aromatic carbocycles. The lowest BCUT2D eigenvalue weighted by Gasteiger charge is -2.24. The van der Waals surface area contributed by atoms with Crippen molar-refractivity contribution >= 4 is 39.3 Å². The molecule has 0 radical (unpaired) electrons. The van der Waals surface area contributed by atoms with E-state index in [0.717, 1.165) is 77.4 Å². The van der Waals surface area contributed by atoms with E-state index in [9.17, 15) is 0 Å². The minimum Gasteiger partial charge on any atom is -0.308 e. The predicted molar refractivity (Wildman–Crippen MR) is 255 cm³/mol. The molecule has 10 aromatic rings. The van der Waals surface area contributed by atoms with Gasteiger partial charge < -0.3 is 4.57 Å². The highest BCUT2D eigenvalue weighted by Crippen LogP contribution is 2.47. The van der Waals surface area contributed by atoms with E-state index >= 15 is 9.59 Å². The number of fused-ring (bicyclic) bond motifs is 4. The Labute approximate surface area is 360 Å². The van der Waals surface area contributed by atoms with Crippen molar-refractivity contribution in [2.24, 2.45) is 0 Å². The first kappa shape index (κ1) is 37.0. The second-order valence-corrected chi connectivity index (χ2v) is 16.2. The van der Waals surface area contributed by atoms with E-state index in [-0.39, 0.29) is 11.8 Å². The van der Waals surface area contributed by atoms with Gasteiger partial charge in [-0.25, -0.2) is 4.90 Å². The van der Waals surface area contributed by atoms with Gasteiger partial charge in [0.1, 0.15) is 0 Å². The van der Waals surface area contributed by atoms with Crippen LogP contribution in [-0.2, 0) is 0 Å². The summed E-state index contributed by atoms with van der Waals surface area (Å²) in [7, 11) is 0. The number of anilines is 1. The fourth-order valence-electron chi connectivity index (χ4n) is 9.29. The van der Waals surface area contributed by atoms with Crippen molar-refractivity contribution in [2.75, 3.05) is 4.90 Å². The lowest BCUT2D eigenvalue weighted by atomic mass is 9.90. The second kappa shape index (κ2) is 14.9. The number of hydrogen-bond donors (Lipinski definition) is 0. The summed E-state index contributed by atoms with van der Waals surface area (Å²) in [5, 5.41) is 2.13. The molecule has 0 N–H and O–H groups in total. The molecular weight excluding hydrogens is 757 g/mol. The highest BCUT2D eigenvalue weighted by Gasteiger charge is 2.42. The number of benzene rings is 9. The molecule has 0 fully saturated rings. The molecule has 1 aromatic heterocycles. The Morgan fingerprint density at radius 2 is 0.790 bits per heavy atom. The minimum absolute atomic E-state index is 0.352. The zero-order valence-electron chi connectivity index (χ0n) is 34.3. The quantitative estimate of drug-likeness (QED) is 0.151. The van der Waals surface area contributed by atoms with E-state index in [2.05, 4.69) is 128 Å². The molecule has 2 heterocycles. The Balaban J connectivity index is 1.17. The van der Waals surface area contributed by atoms with E-state index < -0.39 is 0 Å². The van der Waals surface area contributed by atoms with Crippen LogP contribution < -0.4 is 4.90 Å². The molecule has 0 spiro atoms. The molecule has 0 atom stereocenters. The van der Waals surface area contributed by atoms with Crippen molar-refractivity contribution in [3.8, 4) is 61.3 Å². The molecule has 1 aliphatic rings. The largest absolute Gasteiger partial charge is 0.308 e. The molecule has 0 unspecified atom stereocenters. The van der Waals surface area contributed by atoms with Crippen LogP contribution in [0.15, 0.2) is 206 Å². The van der Waals surface area contributed by atoms with E-state index in [4.69, 9.17) is 0 Å². The van der Waals surface area contributed by atoms with Crippen LogP contribution in [0.2, 0.25) is 0 Å². The summed E-state index contributed by atoms with van der Waals surface area (Å²) >= 11 is 0. The van der Waals surface area contributed by atoms with E-state index in [0.29, 0.717) is 22.5 Å². The number of imide groups is 1. The lowest BCUT2D eigenvalue weighted by Crippen LogP contribution is -2.30. The van der Waals surface area contributed by atoms with Crippen molar-refractivity contribution in [1.82, 2.24) is 4.57 Å². The molecule has 0 saturated carbocycles. The number of aryl methyl sites for hydroxylation is 2. The zero-order valence-corrected chi connectivity index (χ0v) is 34.3. The molecule has 0 bridgehead atoms. The molecule has 62 heavy (non-hydrogen) atoms. The average Bonchev–Trinajstić information content (AvgIpc) is 3.78. The fraction of sp³-hybridized carbons (Fsp3) is 0.0345. The molecule has 0 aliphatic carbocycles. The predicted octanol–water partition coefficient (Wildman–Crippen LogP) is 14.5. The molecule has 4 heteroatoms. The first-order chi connectivity index (χ1) is 30.4. The fourth-order valence-corrected chi connectivity index (χ4v) is 9.29. The Morgan fingerprint density at radius 3 is 1.29 bits per heavy atom. The monoisotopic (exact) mass is 796 g/mol. The van der Waals surface area contributed by atoms with Gasteiger partial charge in [0.2, 0.25) is 0 Å². The highest BCUT2D eigenvalue weighted by molar-refractivity contribution is 6.37. The van der Waals surface area contributed by atoms with Gasteiger partial charge in [0.05, 0.1) is 33.5 Å². The number of carbonyl (C=O) groups is 2. The van der Waals surface area contributed by atoms with Crippen molar-refractivity contribution in [1.29, 1.82) is 0 Å². The maximum atomic E-state index is 15.7. The molecule has 11 rings (SSSR count). The Kier molecular flexibility index (Phi) is 8.87. The molecule has 294 valence electrons. The minimum atomic E-state index is -0.359. The summed E-state index contributed by atoms with van der Waals surface area (Å²) in [4.78, 5) is 32.3. The van der Waals surface area contributed by atoms with Crippen LogP contribution >= 0.6 is 0 Å². The van der Waals surface area contributed by atoms with Crippen molar-refractivity contribution in [3.05, 3.63) is 229 Å². The number of carbonyl (C=O) groups excluding carboxylic acids is 2. The van der Waals surface area contributed by atoms with Gasteiger partial charge in [-0.2, -0.15) is 0 Å². The van der Waals surface area contributed by atoms with Gasteiger partial charge in [0.15, 0.2) is 0 Å². The van der Waals surface area contributed by atoms with Gasteiger partial charge >= 0.3 is 0 Å². The van der Waals surface area contributed by atoms with Crippen LogP contribution in [0.5, 0.6) is 0 Å². The number of hydrogen-bond acceptors (Lipinski definition) is 2. The van der Waals surface area contributed by atoms with Gasteiger partial charge in [-0.3, -0.25) is 9.59 Å². The molecule has 1 aliphatic heterocycles. The summed E-state index contributed by atoms with van der Waals surface area (Å²) in [5.41, 5.74) is 16.0. The van der Waals surface area contributed by atoms with Crippen LogP contribution in [-0.4, -0.2) is 16.4 Å². The number of amides is 2. The molecule has 0 saturated heterocycles. The normalized spacial score (nSPS) is 12.4. The zero-order chi connectivity index (χ0) is 41.9. The van der Waals surface area contributed by atoms with Crippen LogP contribution in [0.4, 0.5) is 5.69 Å². The Hall–Kier alpha value is -8.08. The van der Waals surface area contributed by atoms with Crippen molar-refractivity contribution in [2.45, 2.75) is 13.8 Å². The number of aromatic nitrogens is 1. The summed E-state index contributed by atoms with van der Waals surface area (Å²) < 4.78 is 2.20. The summed E-state index contributed by atoms with van der Waals surface area (Å²) in [6, 6.07) is 70.5. The second-order valence-electron chi connectivity index (χ2n) is 16.2. The van der Waals surface area contributed by atoms with E-state index in [1.165, 1.54) is 16.0 Å². The summed E-state index contributed by atoms with van der Waals surface area (Å²) in [5.74, 6) is -0.711. The van der Waals surface area contributed by atoms with Gasteiger partial charge in [-0.05, 0) is 94.8 Å². The van der Waals surface area contributed by atoms with Crippen LogP contribution in [0.25, 0.3) is 83.1 Å². The standard InChI is InChI=1S/C58H40N2O2/c1-37-15-12-23-42(31-37)44-27-29-47-48-30-28-45(43-24-13-16-38(2)32-43)36-54(48)59(53(47)35-44)52-26-14-25-49-55(52)58(62)60(57(49)61)56-50(40-19-8-4-9-20-40)33-46(39-17-6-3-7-18-39)34-51(56)41-21-10-5-11-22-41/h3-36H,1-2H3. The highest BCUT2D eigenvalue weighted by atomic mass is 16.2. The Bertz CT molecular complexity index is 3240. The van der Waals surface area contributed by atoms with Crippen LogP contribution in [0.3, 0.4) is 0 Å². The average molecular weight is 797 g/mol. The van der Waals surface area contributed by atoms with E-state index in [1.54, 1.807) is 6.07 Å². The maximum Gasteiger partial charge on any atom is 0.268 e. The third-order valence-corrected chi connectivity index (χ3v) is 12.2. The molecule has 2 amide bonds. The number of nitrogens with zero attached hydrogens (tertiary/aromatic N) is 2. The molecule has 4 nitrogen and oxygen atoms in total. The topological polar surface area (TPSA) is 42.3 Å². The lowest BCUT2D eigenvalue weighted by molar-refractivity contribution is 0.0926. The summed E-state index contributed by atoms with van der Waals surface area (Å²) in [6.45, 7) is 4.21. The first-order valence-corrected chi connectivity index (χ1v) is 21.0. The van der Waals surface area contributed by atoms with Gasteiger partial charge in [0, 0.05) is 21.9 Å². The van der Waals surface area contributed by atoms with Crippen LogP contribution in [0, 0.1) is 13.8 Å². The van der Waals surface area contributed by atoms with Gasteiger partial charge in [0.25, 0.3) is 11.8 Å². The van der Waals surface area contributed by atoms with Crippen molar-refractivity contribution < 1.29 is 9.59 Å². The molecular formula is C58H40N2O2. The maximum absolute atomic E-state index is 15.7. The van der Waals surface area contributed by atoms with E-state index in [1.807, 2.05) is 91.0 Å². The first-order valence-electron chi connectivity index (χ1n) is 21.0. The summed E-state index contributed by atoms with van der Waals surface area (Å²) in [6.07, 6.45) is 0. The third-order valence-electron chi connectivity index (χ3n) is 12.2. The SMILES string of the molecule is Cc1cccc(-c2ccc3c4ccc(-c5cccc(C)c5)cc4n(-c4cccc5c4C(=O)N(c4c(-c6ccccc6)cc(-c6ccccc6)cc4-c4ccccc4)C5=O)c3c2)c1. The Morgan fingerprint density at radius 1 is 0.339 bits per heavy atom. The third kappa shape index (κ3) is 6.15. The van der Waals surface area contributed by atoms with Crippen molar-refractivity contribution in [3.63, 3.8) is 0 Å².